The van der Waals surface area contributed by atoms with Crippen molar-refractivity contribution < 1.29 is 14.3 Å². The number of ether oxygens (including phenoxy) is 2. The number of anilines is 3. The van der Waals surface area contributed by atoms with E-state index in [0.29, 0.717) is 34.4 Å². The van der Waals surface area contributed by atoms with Crippen molar-refractivity contribution in [2.45, 2.75) is 0 Å². The molecule has 0 saturated carbocycles. The number of benzene rings is 2. The molecule has 0 bridgehead atoms. The van der Waals surface area contributed by atoms with Gasteiger partial charge in [0.05, 0.1) is 25.5 Å². The third-order valence-corrected chi connectivity index (χ3v) is 3.60. The fourth-order valence-corrected chi connectivity index (χ4v) is 2.26. The molecule has 0 spiro atoms. The van der Waals surface area contributed by atoms with Crippen LogP contribution in [-0.4, -0.2) is 30.1 Å². The maximum absolute atomic E-state index is 12.2. The molecule has 2 N–H and O–H groups in total. The van der Waals surface area contributed by atoms with E-state index in [9.17, 15) is 4.79 Å². The van der Waals surface area contributed by atoms with E-state index in [2.05, 4.69) is 20.6 Å². The number of hydrogen-bond donors (Lipinski definition) is 2. The first kappa shape index (κ1) is 17.2. The summed E-state index contributed by atoms with van der Waals surface area (Å²) in [5.74, 6) is 1.36. The minimum atomic E-state index is -0.273. The van der Waals surface area contributed by atoms with Crippen molar-refractivity contribution in [1.29, 1.82) is 0 Å². The topological polar surface area (TPSA) is 85.4 Å². The highest BCUT2D eigenvalue weighted by molar-refractivity contribution is 6.03. The number of para-hydroxylation sites is 1. The monoisotopic (exact) mass is 350 g/mol. The zero-order valence-electron chi connectivity index (χ0n) is 14.4. The van der Waals surface area contributed by atoms with E-state index in [4.69, 9.17) is 9.47 Å². The molecule has 3 aromatic rings. The van der Waals surface area contributed by atoms with Gasteiger partial charge in [-0.25, -0.2) is 9.97 Å². The van der Waals surface area contributed by atoms with Crippen molar-refractivity contribution in [3.63, 3.8) is 0 Å². The standard InChI is InChI=1S/C19H18N4O3/c1-25-15-8-9-16(17(10-15)26-2)23-19-20-11-13(12-21-19)18(24)22-14-6-4-3-5-7-14/h3-12H,1-2H3,(H,22,24)(H,20,21,23). The SMILES string of the molecule is COc1ccc(Nc2ncc(C(=O)Nc3ccccc3)cn2)c(OC)c1. The third-order valence-electron chi connectivity index (χ3n) is 3.60. The molecule has 0 unspecified atom stereocenters. The Hall–Kier alpha value is -3.61. The summed E-state index contributed by atoms with van der Waals surface area (Å²) in [6, 6.07) is 14.6. The van der Waals surface area contributed by atoms with Crippen LogP contribution in [0.5, 0.6) is 11.5 Å². The number of rotatable bonds is 6. The number of aromatic nitrogens is 2. The second kappa shape index (κ2) is 7.98. The molecule has 0 radical (unpaired) electrons. The Bertz CT molecular complexity index is 883. The molecular weight excluding hydrogens is 332 g/mol. The number of carbonyl (C=O) groups is 1. The van der Waals surface area contributed by atoms with E-state index in [1.54, 1.807) is 32.4 Å². The predicted octanol–water partition coefficient (Wildman–Crippen LogP) is 3.49. The third kappa shape index (κ3) is 4.07. The molecule has 1 heterocycles. The summed E-state index contributed by atoms with van der Waals surface area (Å²) < 4.78 is 10.5. The fraction of sp³-hybridized carbons (Fsp3) is 0.105. The molecule has 3 rings (SSSR count). The molecule has 7 nitrogen and oxygen atoms in total. The van der Waals surface area contributed by atoms with Crippen LogP contribution in [0.25, 0.3) is 0 Å². The van der Waals surface area contributed by atoms with Crippen molar-refractivity contribution in [1.82, 2.24) is 9.97 Å². The maximum Gasteiger partial charge on any atom is 0.258 e. The molecule has 0 saturated heterocycles. The quantitative estimate of drug-likeness (QED) is 0.708. The van der Waals surface area contributed by atoms with Crippen LogP contribution in [0.4, 0.5) is 17.3 Å². The van der Waals surface area contributed by atoms with E-state index < -0.39 is 0 Å². The van der Waals surface area contributed by atoms with Crippen LogP contribution in [0.2, 0.25) is 0 Å². The lowest BCUT2D eigenvalue weighted by molar-refractivity contribution is 0.102. The fourth-order valence-electron chi connectivity index (χ4n) is 2.26. The zero-order chi connectivity index (χ0) is 18.4. The Morgan fingerprint density at radius 2 is 1.69 bits per heavy atom. The number of nitrogens with zero attached hydrogens (tertiary/aromatic N) is 2. The molecule has 1 aromatic heterocycles. The summed E-state index contributed by atoms with van der Waals surface area (Å²) in [5.41, 5.74) is 1.76. The molecular formula is C19H18N4O3. The summed E-state index contributed by atoms with van der Waals surface area (Å²) in [6.45, 7) is 0. The average molecular weight is 350 g/mol. The summed E-state index contributed by atoms with van der Waals surface area (Å²) in [5, 5.41) is 5.84. The number of hydrogen-bond acceptors (Lipinski definition) is 6. The van der Waals surface area contributed by atoms with Gasteiger partial charge in [0.2, 0.25) is 5.95 Å². The summed E-state index contributed by atoms with van der Waals surface area (Å²) in [6.07, 6.45) is 2.92. The Balaban J connectivity index is 1.71. The summed E-state index contributed by atoms with van der Waals surface area (Å²) >= 11 is 0. The van der Waals surface area contributed by atoms with Crippen LogP contribution in [0.1, 0.15) is 10.4 Å². The number of carbonyl (C=O) groups excluding carboxylic acids is 1. The Labute approximate surface area is 151 Å². The first-order valence-electron chi connectivity index (χ1n) is 7.87. The highest BCUT2D eigenvalue weighted by Gasteiger charge is 2.10. The molecule has 7 heteroatoms. The molecule has 2 aromatic carbocycles. The second-order valence-corrected chi connectivity index (χ2v) is 5.31. The molecule has 0 aliphatic heterocycles. The number of amides is 1. The molecule has 0 fully saturated rings. The van der Waals surface area contributed by atoms with Crippen LogP contribution in [0, 0.1) is 0 Å². The maximum atomic E-state index is 12.2. The minimum absolute atomic E-state index is 0.273. The number of nitrogens with one attached hydrogen (secondary N) is 2. The van der Waals surface area contributed by atoms with Gasteiger partial charge in [0.1, 0.15) is 11.5 Å². The van der Waals surface area contributed by atoms with Gasteiger partial charge in [-0.2, -0.15) is 0 Å². The van der Waals surface area contributed by atoms with Gasteiger partial charge in [0.15, 0.2) is 0 Å². The highest BCUT2D eigenvalue weighted by atomic mass is 16.5. The second-order valence-electron chi connectivity index (χ2n) is 5.31. The van der Waals surface area contributed by atoms with E-state index in [-0.39, 0.29) is 5.91 Å². The molecule has 26 heavy (non-hydrogen) atoms. The van der Waals surface area contributed by atoms with Crippen molar-refractivity contribution in [3.8, 4) is 11.5 Å². The van der Waals surface area contributed by atoms with Crippen molar-refractivity contribution in [2.75, 3.05) is 24.9 Å². The van der Waals surface area contributed by atoms with Gasteiger partial charge in [-0.1, -0.05) is 18.2 Å². The van der Waals surface area contributed by atoms with Crippen LogP contribution < -0.4 is 20.1 Å². The molecule has 132 valence electrons. The smallest absolute Gasteiger partial charge is 0.258 e. The zero-order valence-corrected chi connectivity index (χ0v) is 14.4. The first-order valence-corrected chi connectivity index (χ1v) is 7.87. The lowest BCUT2D eigenvalue weighted by Gasteiger charge is -2.11. The van der Waals surface area contributed by atoms with Gasteiger partial charge in [0.25, 0.3) is 5.91 Å². The minimum Gasteiger partial charge on any atom is -0.497 e. The van der Waals surface area contributed by atoms with Gasteiger partial charge in [-0.15, -0.1) is 0 Å². The number of methoxy groups -OCH3 is 2. The molecule has 1 amide bonds. The highest BCUT2D eigenvalue weighted by Crippen LogP contribution is 2.30. The van der Waals surface area contributed by atoms with E-state index >= 15 is 0 Å². The van der Waals surface area contributed by atoms with Crippen molar-refractivity contribution >= 4 is 23.2 Å². The van der Waals surface area contributed by atoms with Gasteiger partial charge in [0, 0.05) is 24.1 Å². The van der Waals surface area contributed by atoms with Gasteiger partial charge >= 0.3 is 0 Å². The van der Waals surface area contributed by atoms with E-state index in [0.717, 1.165) is 0 Å². The average Bonchev–Trinajstić information content (AvgIpc) is 2.69. The van der Waals surface area contributed by atoms with Gasteiger partial charge in [-0.05, 0) is 24.3 Å². The van der Waals surface area contributed by atoms with Crippen molar-refractivity contribution in [3.05, 3.63) is 66.5 Å². The van der Waals surface area contributed by atoms with Gasteiger partial charge in [-0.3, -0.25) is 4.79 Å². The van der Waals surface area contributed by atoms with Gasteiger partial charge < -0.3 is 20.1 Å². The summed E-state index contributed by atoms with van der Waals surface area (Å²) in [7, 11) is 3.15. The van der Waals surface area contributed by atoms with Crippen LogP contribution in [-0.2, 0) is 0 Å². The Kier molecular flexibility index (Phi) is 5.28. The lowest BCUT2D eigenvalue weighted by Crippen LogP contribution is -2.13. The van der Waals surface area contributed by atoms with Crippen LogP contribution >= 0.6 is 0 Å². The lowest BCUT2D eigenvalue weighted by atomic mass is 10.2. The van der Waals surface area contributed by atoms with E-state index in [1.165, 1.54) is 12.4 Å². The summed E-state index contributed by atoms with van der Waals surface area (Å²) in [4.78, 5) is 20.6. The molecule has 0 aliphatic rings. The normalized spacial score (nSPS) is 10.1. The first-order chi connectivity index (χ1) is 12.7. The Morgan fingerprint density at radius 1 is 0.962 bits per heavy atom. The van der Waals surface area contributed by atoms with E-state index in [1.807, 2.05) is 30.3 Å². The molecule has 0 atom stereocenters. The predicted molar refractivity (Wildman–Crippen MR) is 99.3 cm³/mol. The van der Waals surface area contributed by atoms with Crippen LogP contribution in [0.3, 0.4) is 0 Å². The Morgan fingerprint density at radius 3 is 2.35 bits per heavy atom. The largest absolute Gasteiger partial charge is 0.497 e. The molecule has 0 aliphatic carbocycles. The van der Waals surface area contributed by atoms with Crippen molar-refractivity contribution in [2.24, 2.45) is 0 Å². The van der Waals surface area contributed by atoms with Crippen LogP contribution in [0.15, 0.2) is 60.9 Å².